The van der Waals surface area contributed by atoms with Gasteiger partial charge < -0.3 is 10.4 Å². The predicted octanol–water partition coefficient (Wildman–Crippen LogP) is 3.21. The Morgan fingerprint density at radius 3 is 2.41 bits per heavy atom. The molecule has 7 nitrogen and oxygen atoms in total. The second-order valence-electron chi connectivity index (χ2n) is 8.77. The minimum Gasteiger partial charge on any atom is -0.480 e. The second-order valence-corrected chi connectivity index (χ2v) is 8.77. The summed E-state index contributed by atoms with van der Waals surface area (Å²) in [4.78, 5) is 29.4. The molecule has 7 heteroatoms. The molecule has 2 heterocycles. The Morgan fingerprint density at radius 2 is 1.93 bits per heavy atom. The van der Waals surface area contributed by atoms with Gasteiger partial charge in [0.15, 0.2) is 5.65 Å². The number of aryl methyl sites for hydroxylation is 1. The molecule has 0 spiro atoms. The summed E-state index contributed by atoms with van der Waals surface area (Å²) < 4.78 is 1.86. The average Bonchev–Trinajstić information content (AvgIpc) is 3.34. The summed E-state index contributed by atoms with van der Waals surface area (Å²) in [6, 6.07) is 0.874. The predicted molar refractivity (Wildman–Crippen MR) is 103 cm³/mol. The number of fused-ring (bicyclic) bond motifs is 1. The lowest BCUT2D eigenvalue weighted by Gasteiger charge is -2.21. The van der Waals surface area contributed by atoms with Crippen LogP contribution in [0.4, 0.5) is 0 Å². The van der Waals surface area contributed by atoms with Gasteiger partial charge >= 0.3 is 5.97 Å². The molecule has 2 aromatic heterocycles. The van der Waals surface area contributed by atoms with Crippen molar-refractivity contribution in [2.45, 2.75) is 71.9 Å². The standard InChI is InChI=1S/C20H28N4O3/c1-10(2)16(19(26)27)22-18(25)13-9-14(12-7-8-12)21-17-15(13)11(3)23-24(17)20(4,5)6/h9-10,12,16H,7-8H2,1-6H3,(H,22,25)(H,26,27)/t16-/m0/s1. The number of rotatable bonds is 5. The van der Waals surface area contributed by atoms with Crippen LogP contribution in [0.25, 0.3) is 11.0 Å². The van der Waals surface area contributed by atoms with Crippen molar-refractivity contribution in [1.82, 2.24) is 20.1 Å². The molecule has 0 bridgehead atoms. The summed E-state index contributed by atoms with van der Waals surface area (Å²) in [5.41, 5.74) is 2.47. The number of pyridine rings is 1. The van der Waals surface area contributed by atoms with Crippen molar-refractivity contribution in [1.29, 1.82) is 0 Å². The zero-order valence-corrected chi connectivity index (χ0v) is 16.8. The van der Waals surface area contributed by atoms with Crippen molar-refractivity contribution < 1.29 is 14.7 Å². The van der Waals surface area contributed by atoms with Gasteiger partial charge in [-0.2, -0.15) is 5.10 Å². The average molecular weight is 372 g/mol. The summed E-state index contributed by atoms with van der Waals surface area (Å²) in [6.45, 7) is 11.5. The molecule has 1 saturated carbocycles. The first kappa shape index (κ1) is 19.3. The van der Waals surface area contributed by atoms with Crippen LogP contribution >= 0.6 is 0 Å². The van der Waals surface area contributed by atoms with Crippen molar-refractivity contribution in [2.24, 2.45) is 5.92 Å². The maximum absolute atomic E-state index is 13.0. The van der Waals surface area contributed by atoms with E-state index >= 15 is 0 Å². The Balaban J connectivity index is 2.15. The summed E-state index contributed by atoms with van der Waals surface area (Å²) in [6.07, 6.45) is 2.12. The van der Waals surface area contributed by atoms with E-state index in [9.17, 15) is 14.7 Å². The van der Waals surface area contributed by atoms with Gasteiger partial charge in [-0.1, -0.05) is 13.8 Å². The number of hydrogen-bond acceptors (Lipinski definition) is 4. The third kappa shape index (κ3) is 3.68. The van der Waals surface area contributed by atoms with E-state index in [1.807, 2.05) is 38.4 Å². The Labute approximate surface area is 159 Å². The van der Waals surface area contributed by atoms with Crippen molar-refractivity contribution in [3.05, 3.63) is 23.0 Å². The molecule has 1 aliphatic carbocycles. The molecule has 0 aromatic carbocycles. The summed E-state index contributed by atoms with van der Waals surface area (Å²) in [5, 5.41) is 17.4. The SMILES string of the molecule is Cc1nn(C(C)(C)C)c2nc(C3CC3)cc(C(=O)N[C@H](C(=O)O)C(C)C)c12. The first-order valence-corrected chi connectivity index (χ1v) is 9.45. The van der Waals surface area contributed by atoms with Crippen LogP contribution in [0.2, 0.25) is 0 Å². The van der Waals surface area contributed by atoms with E-state index < -0.39 is 12.0 Å². The number of nitrogens with one attached hydrogen (secondary N) is 1. The molecule has 146 valence electrons. The number of carbonyl (C=O) groups excluding carboxylic acids is 1. The van der Waals surface area contributed by atoms with Crippen LogP contribution in [-0.2, 0) is 10.3 Å². The first-order chi connectivity index (χ1) is 12.5. The van der Waals surface area contributed by atoms with Gasteiger partial charge in [0, 0.05) is 11.6 Å². The molecular formula is C20H28N4O3. The maximum atomic E-state index is 13.0. The van der Waals surface area contributed by atoms with Gasteiger partial charge in [-0.3, -0.25) is 4.79 Å². The number of carboxylic acid groups (broad SMARTS) is 1. The van der Waals surface area contributed by atoms with Crippen molar-refractivity contribution in [2.75, 3.05) is 0 Å². The molecular weight excluding hydrogens is 344 g/mol. The van der Waals surface area contributed by atoms with Gasteiger partial charge in [0.25, 0.3) is 5.91 Å². The molecule has 0 aliphatic heterocycles. The fourth-order valence-electron chi connectivity index (χ4n) is 3.28. The number of amides is 1. The van der Waals surface area contributed by atoms with E-state index in [1.54, 1.807) is 13.8 Å². The van der Waals surface area contributed by atoms with Crippen molar-refractivity contribution in [3.8, 4) is 0 Å². The number of carbonyl (C=O) groups is 2. The topological polar surface area (TPSA) is 97.1 Å². The Morgan fingerprint density at radius 1 is 1.30 bits per heavy atom. The molecule has 3 rings (SSSR count). The molecule has 1 amide bonds. The Kier molecular flexibility index (Phi) is 4.74. The van der Waals surface area contributed by atoms with Gasteiger partial charge in [-0.25, -0.2) is 14.5 Å². The lowest BCUT2D eigenvalue weighted by molar-refractivity contribution is -0.140. The fourth-order valence-corrected chi connectivity index (χ4v) is 3.28. The van der Waals surface area contributed by atoms with Crippen LogP contribution in [0, 0.1) is 12.8 Å². The lowest BCUT2D eigenvalue weighted by Crippen LogP contribution is -2.44. The molecule has 1 aliphatic rings. The van der Waals surface area contributed by atoms with Crippen LogP contribution in [0.5, 0.6) is 0 Å². The number of hydrogen-bond donors (Lipinski definition) is 2. The third-order valence-corrected chi connectivity index (χ3v) is 4.93. The highest BCUT2D eigenvalue weighted by molar-refractivity contribution is 6.07. The zero-order chi connectivity index (χ0) is 20.1. The largest absolute Gasteiger partial charge is 0.480 e. The summed E-state index contributed by atoms with van der Waals surface area (Å²) in [7, 11) is 0. The highest BCUT2D eigenvalue weighted by Gasteiger charge is 2.31. The molecule has 27 heavy (non-hydrogen) atoms. The van der Waals surface area contributed by atoms with Crippen molar-refractivity contribution >= 4 is 22.9 Å². The van der Waals surface area contributed by atoms with Gasteiger partial charge in [0.2, 0.25) is 0 Å². The normalized spacial score (nSPS) is 16.0. The van der Waals surface area contributed by atoms with E-state index in [-0.39, 0.29) is 17.4 Å². The smallest absolute Gasteiger partial charge is 0.326 e. The quantitative estimate of drug-likeness (QED) is 0.840. The van der Waals surface area contributed by atoms with E-state index in [0.717, 1.165) is 24.2 Å². The molecule has 0 unspecified atom stereocenters. The summed E-state index contributed by atoms with van der Waals surface area (Å²) >= 11 is 0. The van der Waals surface area contributed by atoms with Crippen LogP contribution in [-0.4, -0.2) is 37.8 Å². The molecule has 0 saturated heterocycles. The molecule has 1 atom stereocenters. The van der Waals surface area contributed by atoms with E-state index in [2.05, 4.69) is 10.4 Å². The second kappa shape index (κ2) is 6.62. The van der Waals surface area contributed by atoms with E-state index in [4.69, 9.17) is 4.98 Å². The first-order valence-electron chi connectivity index (χ1n) is 9.45. The van der Waals surface area contributed by atoms with Gasteiger partial charge in [-0.15, -0.1) is 0 Å². The number of aliphatic carboxylic acids is 1. The van der Waals surface area contributed by atoms with E-state index in [0.29, 0.717) is 22.5 Å². The monoisotopic (exact) mass is 372 g/mol. The maximum Gasteiger partial charge on any atom is 0.326 e. The molecule has 2 N–H and O–H groups in total. The molecule has 1 fully saturated rings. The Bertz CT molecular complexity index is 904. The molecule has 0 radical (unpaired) electrons. The van der Waals surface area contributed by atoms with Crippen molar-refractivity contribution in [3.63, 3.8) is 0 Å². The number of carboxylic acids is 1. The van der Waals surface area contributed by atoms with Crippen LogP contribution in [0.3, 0.4) is 0 Å². The van der Waals surface area contributed by atoms with Crippen LogP contribution < -0.4 is 5.32 Å². The summed E-state index contributed by atoms with van der Waals surface area (Å²) in [5.74, 6) is -1.27. The minimum absolute atomic E-state index is 0.218. The van der Waals surface area contributed by atoms with Gasteiger partial charge in [0.05, 0.1) is 22.2 Å². The van der Waals surface area contributed by atoms with Gasteiger partial charge in [-0.05, 0) is 52.5 Å². The van der Waals surface area contributed by atoms with E-state index in [1.165, 1.54) is 0 Å². The highest BCUT2D eigenvalue weighted by atomic mass is 16.4. The number of nitrogens with zero attached hydrogens (tertiary/aromatic N) is 3. The van der Waals surface area contributed by atoms with Crippen LogP contribution in [0.15, 0.2) is 6.07 Å². The van der Waals surface area contributed by atoms with Crippen LogP contribution in [0.1, 0.15) is 75.1 Å². The fraction of sp³-hybridized carbons (Fsp3) is 0.600. The molecule has 2 aromatic rings. The lowest BCUT2D eigenvalue weighted by atomic mass is 10.0. The number of aromatic nitrogens is 3. The minimum atomic E-state index is -1.03. The highest BCUT2D eigenvalue weighted by Crippen LogP contribution is 2.41. The van der Waals surface area contributed by atoms with Gasteiger partial charge in [0.1, 0.15) is 6.04 Å². The Hall–Kier alpha value is -2.44. The third-order valence-electron chi connectivity index (χ3n) is 4.93. The zero-order valence-electron chi connectivity index (χ0n) is 16.8.